The lowest BCUT2D eigenvalue weighted by atomic mass is 10.1. The predicted molar refractivity (Wildman–Crippen MR) is 153 cm³/mol. The van der Waals surface area contributed by atoms with Crippen molar-refractivity contribution in [3.05, 3.63) is 119 Å². The number of rotatable bonds is 9. The van der Waals surface area contributed by atoms with Gasteiger partial charge in [0.15, 0.2) is 0 Å². The van der Waals surface area contributed by atoms with Crippen LogP contribution in [0.2, 0.25) is 0 Å². The normalized spacial score (nSPS) is 14.4. The molecular formula is C32H36N2O4. The Kier molecular flexibility index (Phi) is 8.49. The molecule has 6 nitrogen and oxygen atoms in total. The Bertz CT molecular complexity index is 1160. The summed E-state index contributed by atoms with van der Waals surface area (Å²) >= 11 is 0. The van der Waals surface area contributed by atoms with Crippen molar-refractivity contribution in [1.29, 1.82) is 0 Å². The topological polar surface area (TPSA) is 87.4 Å². The first-order valence-corrected chi connectivity index (χ1v) is 12.9. The Labute approximate surface area is 224 Å². The fourth-order valence-electron chi connectivity index (χ4n) is 4.43. The van der Waals surface area contributed by atoms with Gasteiger partial charge in [0, 0.05) is 0 Å². The maximum Gasteiger partial charge on any atom is 0.0762 e. The van der Waals surface area contributed by atoms with Gasteiger partial charge < -0.3 is 20.4 Å². The van der Waals surface area contributed by atoms with Crippen molar-refractivity contribution in [3.63, 3.8) is 0 Å². The molecule has 0 radical (unpaired) electrons. The number of nitrogens with zero attached hydrogens (tertiary/aromatic N) is 2. The SMILES string of the molecule is CC(O)c1cccc(N(c2cccc(C(C)O)c2)N(c2cccc(C(C)O)c2)c2cccc(C(C)O)c2)c1. The molecule has 0 saturated carbocycles. The zero-order valence-electron chi connectivity index (χ0n) is 22.2. The molecule has 0 fully saturated rings. The van der Waals surface area contributed by atoms with E-state index in [2.05, 4.69) is 0 Å². The average Bonchev–Trinajstić information content (AvgIpc) is 2.91. The molecule has 0 amide bonds. The molecule has 4 rings (SSSR count). The van der Waals surface area contributed by atoms with E-state index < -0.39 is 24.4 Å². The van der Waals surface area contributed by atoms with Crippen molar-refractivity contribution in [2.75, 3.05) is 10.0 Å². The van der Waals surface area contributed by atoms with Crippen LogP contribution in [-0.2, 0) is 0 Å². The average molecular weight is 513 g/mol. The van der Waals surface area contributed by atoms with Gasteiger partial charge in [-0.1, -0.05) is 48.5 Å². The standard InChI is InChI=1S/C32H36N2O4/c1-21(35)25-9-5-13-29(17-25)33(30-14-6-10-26(18-30)22(2)36)34(31-15-7-11-27(19-31)23(3)37)32-16-8-12-28(20-32)24(4)38/h5-24,35-38H,1-4H3. The minimum atomic E-state index is -0.661. The van der Waals surface area contributed by atoms with E-state index in [4.69, 9.17) is 0 Å². The van der Waals surface area contributed by atoms with Crippen molar-refractivity contribution >= 4 is 22.7 Å². The molecule has 4 N–H and O–H groups in total. The van der Waals surface area contributed by atoms with Gasteiger partial charge in [0.2, 0.25) is 0 Å². The summed E-state index contributed by atoms with van der Waals surface area (Å²) in [6.07, 6.45) is -2.64. The summed E-state index contributed by atoms with van der Waals surface area (Å²) in [5, 5.41) is 45.5. The highest BCUT2D eigenvalue weighted by Gasteiger charge is 2.24. The van der Waals surface area contributed by atoms with Crippen LogP contribution >= 0.6 is 0 Å². The van der Waals surface area contributed by atoms with Gasteiger partial charge >= 0.3 is 0 Å². The summed E-state index contributed by atoms with van der Waals surface area (Å²) in [6.45, 7) is 6.92. The van der Waals surface area contributed by atoms with Crippen molar-refractivity contribution in [2.45, 2.75) is 52.1 Å². The van der Waals surface area contributed by atoms with Crippen LogP contribution < -0.4 is 10.0 Å². The van der Waals surface area contributed by atoms with Crippen LogP contribution in [0.3, 0.4) is 0 Å². The zero-order valence-corrected chi connectivity index (χ0v) is 22.2. The first-order chi connectivity index (χ1) is 18.2. The van der Waals surface area contributed by atoms with E-state index >= 15 is 0 Å². The monoisotopic (exact) mass is 512 g/mol. The van der Waals surface area contributed by atoms with Gasteiger partial charge in [0.25, 0.3) is 0 Å². The summed E-state index contributed by atoms with van der Waals surface area (Å²) in [7, 11) is 0. The van der Waals surface area contributed by atoms with Crippen molar-refractivity contribution in [3.8, 4) is 0 Å². The van der Waals surface area contributed by atoms with Gasteiger partial charge in [-0.25, -0.2) is 10.0 Å². The fourth-order valence-corrected chi connectivity index (χ4v) is 4.43. The number of aliphatic hydroxyl groups is 4. The molecule has 38 heavy (non-hydrogen) atoms. The molecular weight excluding hydrogens is 476 g/mol. The molecule has 198 valence electrons. The molecule has 0 aromatic heterocycles. The van der Waals surface area contributed by atoms with E-state index in [9.17, 15) is 20.4 Å². The second kappa shape index (κ2) is 11.8. The maximum absolute atomic E-state index is 10.4. The first kappa shape index (κ1) is 27.4. The van der Waals surface area contributed by atoms with Crippen LogP contribution in [0.5, 0.6) is 0 Å². The molecule has 0 aliphatic carbocycles. The largest absolute Gasteiger partial charge is 0.389 e. The molecule has 4 aromatic carbocycles. The highest BCUT2D eigenvalue weighted by Crippen LogP contribution is 2.39. The number of hydrazine groups is 1. The summed E-state index contributed by atoms with van der Waals surface area (Å²) in [5.74, 6) is 0. The van der Waals surface area contributed by atoms with Crippen molar-refractivity contribution in [1.82, 2.24) is 0 Å². The molecule has 4 unspecified atom stereocenters. The number of aliphatic hydroxyl groups excluding tert-OH is 4. The second-order valence-electron chi connectivity index (χ2n) is 9.71. The van der Waals surface area contributed by atoms with E-state index in [0.717, 1.165) is 45.0 Å². The zero-order chi connectivity index (χ0) is 27.4. The Morgan fingerprint density at radius 1 is 0.395 bits per heavy atom. The van der Waals surface area contributed by atoms with Gasteiger partial charge in [-0.05, 0) is 98.5 Å². The third kappa shape index (κ3) is 6.06. The Morgan fingerprint density at radius 3 is 0.789 bits per heavy atom. The van der Waals surface area contributed by atoms with Crippen LogP contribution in [0.15, 0.2) is 97.1 Å². The van der Waals surface area contributed by atoms with Gasteiger partial charge in [-0.2, -0.15) is 0 Å². The lowest BCUT2D eigenvalue weighted by Crippen LogP contribution is -2.36. The van der Waals surface area contributed by atoms with Crippen molar-refractivity contribution in [2.24, 2.45) is 0 Å². The molecule has 6 heteroatoms. The highest BCUT2D eigenvalue weighted by molar-refractivity contribution is 5.78. The summed E-state index contributed by atoms with van der Waals surface area (Å²) in [4.78, 5) is 0. The van der Waals surface area contributed by atoms with Gasteiger partial charge in [-0.15, -0.1) is 0 Å². The smallest absolute Gasteiger partial charge is 0.0762 e. The lowest BCUT2D eigenvalue weighted by Gasteiger charge is -2.39. The molecule has 0 saturated heterocycles. The molecule has 4 aromatic rings. The maximum atomic E-state index is 10.4. The quantitative estimate of drug-likeness (QED) is 0.185. The summed E-state index contributed by atoms with van der Waals surface area (Å²) in [6, 6.07) is 30.7. The Balaban J connectivity index is 2.03. The van der Waals surface area contributed by atoms with Gasteiger partial charge in [-0.3, -0.25) is 0 Å². The molecule has 4 atom stereocenters. The second-order valence-corrected chi connectivity index (χ2v) is 9.71. The van der Waals surface area contributed by atoms with Crippen LogP contribution in [0, 0.1) is 0 Å². The van der Waals surface area contributed by atoms with Crippen molar-refractivity contribution < 1.29 is 20.4 Å². The molecule has 0 heterocycles. The Morgan fingerprint density at radius 2 is 0.605 bits per heavy atom. The van der Waals surface area contributed by atoms with Crippen LogP contribution in [0.25, 0.3) is 0 Å². The van der Waals surface area contributed by atoms with Gasteiger partial charge in [0.1, 0.15) is 0 Å². The lowest BCUT2D eigenvalue weighted by molar-refractivity contribution is 0.199. The van der Waals surface area contributed by atoms with Crippen LogP contribution in [0.1, 0.15) is 74.4 Å². The van der Waals surface area contributed by atoms with E-state index in [1.54, 1.807) is 27.7 Å². The third-order valence-electron chi connectivity index (χ3n) is 6.59. The molecule has 0 spiro atoms. The molecule has 0 aliphatic heterocycles. The number of benzene rings is 4. The molecule has 0 bridgehead atoms. The van der Waals surface area contributed by atoms with E-state index in [-0.39, 0.29) is 0 Å². The van der Waals surface area contributed by atoms with E-state index in [1.165, 1.54) is 0 Å². The highest BCUT2D eigenvalue weighted by atomic mass is 16.3. The van der Waals surface area contributed by atoms with Crippen LogP contribution in [-0.4, -0.2) is 20.4 Å². The van der Waals surface area contributed by atoms with Gasteiger partial charge in [0.05, 0.1) is 47.2 Å². The summed E-state index contributed by atoms with van der Waals surface area (Å²) < 4.78 is 0. The van der Waals surface area contributed by atoms with E-state index in [0.29, 0.717) is 0 Å². The predicted octanol–water partition coefficient (Wildman–Crippen LogP) is 6.79. The fraction of sp³-hybridized carbons (Fsp3) is 0.250. The Hall–Kier alpha value is -3.68. The number of hydrogen-bond donors (Lipinski definition) is 4. The summed E-state index contributed by atoms with van der Waals surface area (Å²) in [5.41, 5.74) is 6.19. The number of anilines is 4. The first-order valence-electron chi connectivity index (χ1n) is 12.9. The van der Waals surface area contributed by atoms with Crippen LogP contribution in [0.4, 0.5) is 22.7 Å². The molecule has 0 aliphatic rings. The van der Waals surface area contributed by atoms with E-state index in [1.807, 2.05) is 107 Å². The third-order valence-corrected chi connectivity index (χ3v) is 6.59. The minimum absolute atomic E-state index is 0.661. The minimum Gasteiger partial charge on any atom is -0.389 e. The number of hydrogen-bond acceptors (Lipinski definition) is 6.